The topological polar surface area (TPSA) is 54.0 Å². The zero-order valence-electron chi connectivity index (χ0n) is 13.5. The molecule has 0 aliphatic carbocycles. The van der Waals surface area contributed by atoms with Crippen molar-refractivity contribution in [1.82, 2.24) is 0 Å². The van der Waals surface area contributed by atoms with E-state index in [1.54, 1.807) is 0 Å². The summed E-state index contributed by atoms with van der Waals surface area (Å²) in [6, 6.07) is 0.926. The van der Waals surface area contributed by atoms with Crippen LogP contribution in [0, 0.1) is 0 Å². The number of rotatable bonds is 15. The Hall–Kier alpha value is -0.693. The van der Waals surface area contributed by atoms with Gasteiger partial charge in [-0.25, -0.2) is 4.79 Å². The fourth-order valence-corrected chi connectivity index (χ4v) is 2.37. The molecule has 0 aliphatic heterocycles. The molecule has 0 radical (unpaired) electrons. The van der Waals surface area contributed by atoms with Gasteiger partial charge in [0, 0.05) is 6.08 Å². The summed E-state index contributed by atoms with van der Waals surface area (Å²) >= 11 is 0. The van der Waals surface area contributed by atoms with Crippen LogP contribution in [-0.2, 0) is 23.4 Å². The van der Waals surface area contributed by atoms with Crippen molar-refractivity contribution in [1.29, 1.82) is 0 Å². The van der Waals surface area contributed by atoms with Crippen LogP contribution < -0.4 is 0 Å². The van der Waals surface area contributed by atoms with E-state index >= 15 is 0 Å². The van der Waals surface area contributed by atoms with Crippen molar-refractivity contribution in [2.75, 3.05) is 19.8 Å². The summed E-state index contributed by atoms with van der Waals surface area (Å²) in [4.78, 5) is 10.8. The third-order valence-electron chi connectivity index (χ3n) is 2.71. The smallest absolute Gasteiger partial charge is 0.330 e. The van der Waals surface area contributed by atoms with Gasteiger partial charge in [-0.1, -0.05) is 33.3 Å². The molecule has 0 aliphatic rings. The molecule has 0 rings (SSSR count). The molecule has 0 aromatic carbocycles. The summed E-state index contributed by atoms with van der Waals surface area (Å²) in [6.07, 6.45) is 6.18. The molecular weight excluding hydrogens is 288 g/mol. The van der Waals surface area contributed by atoms with E-state index in [1.807, 2.05) is 0 Å². The van der Waals surface area contributed by atoms with Crippen molar-refractivity contribution in [2.24, 2.45) is 0 Å². The van der Waals surface area contributed by atoms with Gasteiger partial charge in [0.25, 0.3) is 6.48 Å². The van der Waals surface area contributed by atoms with E-state index in [-0.39, 0.29) is 5.97 Å². The van der Waals surface area contributed by atoms with E-state index in [0.717, 1.165) is 38.1 Å². The van der Waals surface area contributed by atoms with Gasteiger partial charge in [0.15, 0.2) is 9.76 Å². The molecule has 0 heterocycles. The van der Waals surface area contributed by atoms with Gasteiger partial charge < -0.3 is 18.6 Å². The molecule has 0 spiro atoms. The Morgan fingerprint density at radius 3 is 2.24 bits per heavy atom. The molecule has 0 saturated carbocycles. The third-order valence-corrected chi connectivity index (χ3v) is 4.00. The Bertz CT molecular complexity index is 250. The summed E-state index contributed by atoms with van der Waals surface area (Å²) in [5.41, 5.74) is 0. The lowest BCUT2D eigenvalue weighted by Crippen LogP contribution is -2.24. The van der Waals surface area contributed by atoms with Crippen LogP contribution in [0.3, 0.4) is 0 Å². The summed E-state index contributed by atoms with van der Waals surface area (Å²) in [7, 11) is -0.723. The van der Waals surface area contributed by atoms with E-state index < -0.39 is 16.2 Å². The van der Waals surface area contributed by atoms with Crippen molar-refractivity contribution >= 4 is 15.7 Å². The van der Waals surface area contributed by atoms with Crippen LogP contribution in [0.15, 0.2) is 12.7 Å². The van der Waals surface area contributed by atoms with Crippen LogP contribution in [0.2, 0.25) is 6.04 Å². The maximum atomic E-state index is 10.8. The molecule has 0 aromatic heterocycles. The zero-order valence-corrected chi connectivity index (χ0v) is 14.9. The van der Waals surface area contributed by atoms with E-state index in [1.165, 1.54) is 6.08 Å². The Morgan fingerprint density at radius 2 is 1.71 bits per heavy atom. The van der Waals surface area contributed by atoms with Crippen molar-refractivity contribution in [3.05, 3.63) is 12.7 Å². The van der Waals surface area contributed by atoms with E-state index in [2.05, 4.69) is 20.4 Å². The van der Waals surface area contributed by atoms with Crippen molar-refractivity contribution in [2.45, 2.75) is 58.5 Å². The van der Waals surface area contributed by atoms with Gasteiger partial charge in [-0.3, -0.25) is 0 Å². The number of hydrogen-bond acceptors (Lipinski definition) is 5. The number of carbonyl (C=O) groups excluding carboxylic acids is 1. The highest BCUT2D eigenvalue weighted by atomic mass is 28.2. The second-order valence-electron chi connectivity index (χ2n) is 4.69. The maximum absolute atomic E-state index is 10.8. The minimum atomic E-state index is -0.723. The van der Waals surface area contributed by atoms with Crippen LogP contribution >= 0.6 is 0 Å². The van der Waals surface area contributed by atoms with Crippen molar-refractivity contribution in [3.63, 3.8) is 0 Å². The van der Waals surface area contributed by atoms with Gasteiger partial charge in [0.1, 0.15) is 0 Å². The quantitative estimate of drug-likeness (QED) is 0.153. The SMILES string of the molecule is C=CC(=O)OCCC[SiH2]OC(OCCCC)OCCCC. The highest BCUT2D eigenvalue weighted by Gasteiger charge is 2.09. The molecule has 0 bridgehead atoms. The molecule has 0 amide bonds. The molecule has 0 unspecified atom stereocenters. The zero-order chi connectivity index (χ0) is 15.8. The van der Waals surface area contributed by atoms with Gasteiger partial charge in [-0.15, -0.1) is 0 Å². The lowest BCUT2D eigenvalue weighted by Gasteiger charge is -2.19. The predicted octanol–water partition coefficient (Wildman–Crippen LogP) is 2.54. The first-order valence-electron chi connectivity index (χ1n) is 7.88. The first-order chi connectivity index (χ1) is 10.2. The van der Waals surface area contributed by atoms with E-state index in [4.69, 9.17) is 18.6 Å². The summed E-state index contributed by atoms with van der Waals surface area (Å²) in [5.74, 6) is -0.374. The second kappa shape index (κ2) is 15.7. The second-order valence-corrected chi connectivity index (χ2v) is 6.14. The first kappa shape index (κ1) is 20.3. The molecule has 0 aromatic rings. The number of hydrogen-bond donors (Lipinski definition) is 0. The number of carbonyl (C=O) groups is 1. The molecule has 0 fully saturated rings. The highest BCUT2D eigenvalue weighted by molar-refractivity contribution is 6.27. The summed E-state index contributed by atoms with van der Waals surface area (Å²) in [6.45, 7) is 8.81. The Labute approximate surface area is 130 Å². The van der Waals surface area contributed by atoms with Gasteiger partial charge >= 0.3 is 5.97 Å². The molecule has 6 heteroatoms. The lowest BCUT2D eigenvalue weighted by atomic mass is 10.4. The molecule has 0 N–H and O–H groups in total. The van der Waals surface area contributed by atoms with E-state index in [9.17, 15) is 4.79 Å². The highest BCUT2D eigenvalue weighted by Crippen LogP contribution is 2.03. The molecule has 0 atom stereocenters. The molecule has 5 nitrogen and oxygen atoms in total. The standard InChI is InChI=1S/C15H30O5Si/c1-4-7-10-18-15(19-11-8-5-2)20-21-13-9-12-17-14(16)6-3/h6,15H,3-5,7-13,21H2,1-2H3. The maximum Gasteiger partial charge on any atom is 0.330 e. The van der Waals surface area contributed by atoms with Crippen molar-refractivity contribution in [3.8, 4) is 0 Å². The fourth-order valence-electron chi connectivity index (χ4n) is 1.41. The number of unbranched alkanes of at least 4 members (excludes halogenated alkanes) is 2. The van der Waals surface area contributed by atoms with Gasteiger partial charge in [-0.2, -0.15) is 0 Å². The molecule has 21 heavy (non-hydrogen) atoms. The lowest BCUT2D eigenvalue weighted by molar-refractivity contribution is -0.248. The Morgan fingerprint density at radius 1 is 1.10 bits per heavy atom. The summed E-state index contributed by atoms with van der Waals surface area (Å²) in [5, 5.41) is 0. The van der Waals surface area contributed by atoms with Gasteiger partial charge in [-0.05, 0) is 25.3 Å². The predicted molar refractivity (Wildman–Crippen MR) is 85.7 cm³/mol. The average Bonchev–Trinajstić information content (AvgIpc) is 2.50. The van der Waals surface area contributed by atoms with Gasteiger partial charge in [0.2, 0.25) is 0 Å². The minimum Gasteiger partial charge on any atom is -0.463 e. The third kappa shape index (κ3) is 14.0. The Kier molecular flexibility index (Phi) is 15.2. The number of esters is 1. The van der Waals surface area contributed by atoms with Crippen LogP contribution in [0.5, 0.6) is 0 Å². The first-order valence-corrected chi connectivity index (χ1v) is 9.46. The fraction of sp³-hybridized carbons (Fsp3) is 0.800. The summed E-state index contributed by atoms with van der Waals surface area (Å²) < 4.78 is 21.8. The molecule has 0 saturated heterocycles. The minimum absolute atomic E-state index is 0.374. The van der Waals surface area contributed by atoms with Crippen molar-refractivity contribution < 1.29 is 23.4 Å². The van der Waals surface area contributed by atoms with Crippen LogP contribution in [0.1, 0.15) is 46.0 Å². The molecule has 124 valence electrons. The molecular formula is C15H30O5Si. The van der Waals surface area contributed by atoms with Gasteiger partial charge in [0.05, 0.1) is 19.8 Å². The van der Waals surface area contributed by atoms with Crippen LogP contribution in [0.25, 0.3) is 0 Å². The average molecular weight is 318 g/mol. The van der Waals surface area contributed by atoms with Crippen LogP contribution in [0.4, 0.5) is 0 Å². The normalized spacial score (nSPS) is 11.4. The monoisotopic (exact) mass is 318 g/mol. The Balaban J connectivity index is 3.67. The van der Waals surface area contributed by atoms with Crippen LogP contribution in [-0.4, -0.2) is 42.0 Å². The van der Waals surface area contributed by atoms with E-state index in [0.29, 0.717) is 19.8 Å². The number of ether oxygens (including phenoxy) is 3. The largest absolute Gasteiger partial charge is 0.463 e.